The van der Waals surface area contributed by atoms with Crippen LogP contribution in [0.1, 0.15) is 33.6 Å². The Morgan fingerprint density at radius 2 is 1.95 bits per heavy atom. The molecule has 3 nitrogen and oxygen atoms in total. The molecule has 1 aromatic rings. The molecule has 0 radical (unpaired) electrons. The number of benzene rings is 1. The number of hydrogen-bond donors (Lipinski definition) is 1. The summed E-state index contributed by atoms with van der Waals surface area (Å²) in [5, 5.41) is 2.86. The van der Waals surface area contributed by atoms with Crippen LogP contribution in [0, 0.1) is 11.7 Å². The Bertz CT molecular complexity index is 390. The van der Waals surface area contributed by atoms with Crippen molar-refractivity contribution < 1.29 is 13.9 Å². The van der Waals surface area contributed by atoms with Gasteiger partial charge in [-0.2, -0.15) is 0 Å². The number of carbonyl (C=O) groups excluding carboxylic acids is 1. The summed E-state index contributed by atoms with van der Waals surface area (Å²) >= 11 is 0. The van der Waals surface area contributed by atoms with E-state index in [4.69, 9.17) is 4.74 Å². The van der Waals surface area contributed by atoms with Crippen molar-refractivity contribution in [3.63, 3.8) is 0 Å². The minimum atomic E-state index is -0.530. The van der Waals surface area contributed by atoms with Crippen LogP contribution in [0.3, 0.4) is 0 Å². The summed E-state index contributed by atoms with van der Waals surface area (Å²) in [4.78, 5) is 11.9. The molecule has 0 fully saturated rings. The quantitative estimate of drug-likeness (QED) is 0.824. The van der Waals surface area contributed by atoms with E-state index < -0.39 is 6.10 Å². The van der Waals surface area contributed by atoms with E-state index in [1.165, 1.54) is 24.3 Å². The van der Waals surface area contributed by atoms with Crippen molar-refractivity contribution in [3.05, 3.63) is 30.1 Å². The third-order valence-corrected chi connectivity index (χ3v) is 2.78. The molecule has 1 atom stereocenters. The lowest BCUT2D eigenvalue weighted by atomic mass is 10.1. The van der Waals surface area contributed by atoms with Crippen molar-refractivity contribution in [2.75, 3.05) is 6.54 Å². The Morgan fingerprint density at radius 1 is 1.32 bits per heavy atom. The van der Waals surface area contributed by atoms with Gasteiger partial charge in [0.25, 0.3) is 5.91 Å². The van der Waals surface area contributed by atoms with E-state index >= 15 is 0 Å². The second kappa shape index (κ2) is 7.77. The van der Waals surface area contributed by atoms with Gasteiger partial charge in [0.2, 0.25) is 0 Å². The number of ether oxygens (including phenoxy) is 1. The van der Waals surface area contributed by atoms with Crippen molar-refractivity contribution in [1.82, 2.24) is 5.32 Å². The van der Waals surface area contributed by atoms with Crippen molar-refractivity contribution in [2.45, 2.75) is 39.7 Å². The molecule has 0 aliphatic rings. The van der Waals surface area contributed by atoms with Crippen LogP contribution >= 0.6 is 0 Å². The largest absolute Gasteiger partial charge is 0.481 e. The maximum Gasteiger partial charge on any atom is 0.261 e. The molecule has 106 valence electrons. The van der Waals surface area contributed by atoms with Crippen molar-refractivity contribution in [2.24, 2.45) is 5.92 Å². The molecule has 0 unspecified atom stereocenters. The van der Waals surface area contributed by atoms with E-state index in [9.17, 15) is 9.18 Å². The first-order chi connectivity index (χ1) is 9.02. The highest BCUT2D eigenvalue weighted by molar-refractivity contribution is 5.81. The van der Waals surface area contributed by atoms with Crippen molar-refractivity contribution >= 4 is 5.91 Å². The smallest absolute Gasteiger partial charge is 0.261 e. The molecule has 0 aliphatic heterocycles. The first-order valence-electron chi connectivity index (χ1n) is 6.72. The highest BCUT2D eigenvalue weighted by Gasteiger charge is 2.17. The SMILES string of the molecule is CC[C@H](Oc1ccc(F)cc1)C(=O)NCCC(C)C. The van der Waals surface area contributed by atoms with E-state index in [1.807, 2.05) is 6.92 Å². The van der Waals surface area contributed by atoms with Gasteiger partial charge in [-0.3, -0.25) is 4.79 Å². The molecule has 0 aliphatic carbocycles. The third-order valence-electron chi connectivity index (χ3n) is 2.78. The van der Waals surface area contributed by atoms with Gasteiger partial charge in [-0.15, -0.1) is 0 Å². The molecule has 0 bridgehead atoms. The van der Waals surface area contributed by atoms with E-state index in [2.05, 4.69) is 19.2 Å². The molecule has 0 heterocycles. The Hall–Kier alpha value is -1.58. The molecule has 1 aromatic carbocycles. The first-order valence-corrected chi connectivity index (χ1v) is 6.72. The highest BCUT2D eigenvalue weighted by Crippen LogP contribution is 2.14. The van der Waals surface area contributed by atoms with Crippen LogP contribution in [0.25, 0.3) is 0 Å². The molecule has 0 aromatic heterocycles. The zero-order valence-electron chi connectivity index (χ0n) is 11.8. The molecule has 0 spiro atoms. The summed E-state index contributed by atoms with van der Waals surface area (Å²) in [6.45, 7) is 6.76. The van der Waals surface area contributed by atoms with E-state index in [0.29, 0.717) is 24.6 Å². The van der Waals surface area contributed by atoms with Crippen LogP contribution in [0.4, 0.5) is 4.39 Å². The molecule has 1 N–H and O–H groups in total. The summed E-state index contributed by atoms with van der Waals surface area (Å²) in [7, 11) is 0. The van der Waals surface area contributed by atoms with Gasteiger partial charge in [0, 0.05) is 6.54 Å². The van der Waals surface area contributed by atoms with E-state index in [1.54, 1.807) is 0 Å². The molecule has 4 heteroatoms. The molecular formula is C15H22FNO2. The van der Waals surface area contributed by atoms with Crippen LogP contribution in [0.15, 0.2) is 24.3 Å². The molecule has 1 rings (SSSR count). The summed E-state index contributed by atoms with van der Waals surface area (Å²) in [6, 6.07) is 5.69. The van der Waals surface area contributed by atoms with Gasteiger partial charge in [-0.05, 0) is 43.0 Å². The van der Waals surface area contributed by atoms with Gasteiger partial charge >= 0.3 is 0 Å². The maximum atomic E-state index is 12.8. The van der Waals surface area contributed by atoms with Crippen molar-refractivity contribution in [1.29, 1.82) is 0 Å². The number of rotatable bonds is 7. The molecule has 1 amide bonds. The van der Waals surface area contributed by atoms with Crippen LogP contribution < -0.4 is 10.1 Å². The normalized spacial score (nSPS) is 12.3. The van der Waals surface area contributed by atoms with Gasteiger partial charge in [0.05, 0.1) is 0 Å². The predicted octanol–water partition coefficient (Wildman–Crippen LogP) is 3.15. The molecule has 0 saturated carbocycles. The van der Waals surface area contributed by atoms with Crippen LogP contribution in [0.2, 0.25) is 0 Å². The van der Waals surface area contributed by atoms with Gasteiger partial charge < -0.3 is 10.1 Å². The van der Waals surface area contributed by atoms with E-state index in [-0.39, 0.29) is 11.7 Å². The summed E-state index contributed by atoms with van der Waals surface area (Å²) in [5.74, 6) is 0.625. The van der Waals surface area contributed by atoms with Crippen molar-refractivity contribution in [3.8, 4) is 5.75 Å². The lowest BCUT2D eigenvalue weighted by Crippen LogP contribution is -2.38. The number of nitrogens with one attached hydrogen (secondary N) is 1. The Balaban J connectivity index is 2.48. The lowest BCUT2D eigenvalue weighted by Gasteiger charge is -2.17. The Labute approximate surface area is 114 Å². The fourth-order valence-electron chi connectivity index (χ4n) is 1.60. The Morgan fingerprint density at radius 3 is 2.47 bits per heavy atom. The number of hydrogen-bond acceptors (Lipinski definition) is 2. The number of halogens is 1. The summed E-state index contributed by atoms with van der Waals surface area (Å²) in [6.07, 6.45) is 0.987. The monoisotopic (exact) mass is 267 g/mol. The highest BCUT2D eigenvalue weighted by atomic mass is 19.1. The second-order valence-electron chi connectivity index (χ2n) is 4.94. The van der Waals surface area contributed by atoms with E-state index in [0.717, 1.165) is 6.42 Å². The molecular weight excluding hydrogens is 245 g/mol. The summed E-state index contributed by atoms with van der Waals surface area (Å²) in [5.41, 5.74) is 0. The lowest BCUT2D eigenvalue weighted by molar-refractivity contribution is -0.128. The fourth-order valence-corrected chi connectivity index (χ4v) is 1.60. The first kappa shape index (κ1) is 15.5. The zero-order chi connectivity index (χ0) is 14.3. The van der Waals surface area contributed by atoms with Gasteiger partial charge in [-0.1, -0.05) is 20.8 Å². The summed E-state index contributed by atoms with van der Waals surface area (Å²) < 4.78 is 18.3. The second-order valence-corrected chi connectivity index (χ2v) is 4.94. The van der Waals surface area contributed by atoms with Gasteiger partial charge in [-0.25, -0.2) is 4.39 Å². The minimum Gasteiger partial charge on any atom is -0.481 e. The van der Waals surface area contributed by atoms with Crippen LogP contribution in [0.5, 0.6) is 5.75 Å². The van der Waals surface area contributed by atoms with Gasteiger partial charge in [0.15, 0.2) is 6.10 Å². The minimum absolute atomic E-state index is 0.118. The maximum absolute atomic E-state index is 12.8. The predicted molar refractivity (Wildman–Crippen MR) is 73.6 cm³/mol. The number of amides is 1. The molecule has 0 saturated heterocycles. The Kier molecular flexibility index (Phi) is 6.33. The standard InChI is InChI=1S/C15H22FNO2/c1-4-14(15(18)17-10-9-11(2)3)19-13-7-5-12(16)6-8-13/h5-8,11,14H,4,9-10H2,1-3H3,(H,17,18)/t14-/m0/s1. The van der Waals surface area contributed by atoms with Gasteiger partial charge in [0.1, 0.15) is 11.6 Å². The average molecular weight is 267 g/mol. The number of carbonyl (C=O) groups is 1. The average Bonchev–Trinajstić information content (AvgIpc) is 2.37. The zero-order valence-corrected chi connectivity index (χ0v) is 11.8. The topological polar surface area (TPSA) is 38.3 Å². The molecule has 19 heavy (non-hydrogen) atoms. The van der Waals surface area contributed by atoms with Crippen LogP contribution in [-0.4, -0.2) is 18.6 Å². The third kappa shape index (κ3) is 5.73. The fraction of sp³-hybridized carbons (Fsp3) is 0.533. The van der Waals surface area contributed by atoms with Crippen LogP contribution in [-0.2, 0) is 4.79 Å².